The van der Waals surface area contributed by atoms with E-state index in [9.17, 15) is 0 Å². The number of nitrogens with zero attached hydrogens (tertiary/aromatic N) is 4. The molecule has 6 nitrogen and oxygen atoms in total. The Labute approximate surface area is 153 Å². The minimum atomic E-state index is 0.201. The summed E-state index contributed by atoms with van der Waals surface area (Å²) >= 11 is 7.77. The van der Waals surface area contributed by atoms with E-state index in [-0.39, 0.29) is 6.79 Å². The zero-order valence-electron chi connectivity index (χ0n) is 13.2. The summed E-state index contributed by atoms with van der Waals surface area (Å²) in [6.45, 7) is 0.201. The molecule has 2 aromatic carbocycles. The van der Waals surface area contributed by atoms with Crippen LogP contribution in [-0.4, -0.2) is 34.1 Å². The fourth-order valence-corrected chi connectivity index (χ4v) is 3.05. The predicted molar refractivity (Wildman–Crippen MR) is 97.8 cm³/mol. The standard InChI is InChI=1S/C17H13ClN4O2S/c1-25-17-21-20-16(11-5-3-2-4-6-11)22(17)19-9-12-7-14-15(8-13(12)18)24-10-23-14/h2-9H,10H2,1H3/b19-9-. The highest BCUT2D eigenvalue weighted by molar-refractivity contribution is 7.98. The van der Waals surface area contributed by atoms with E-state index in [1.807, 2.05) is 36.6 Å². The van der Waals surface area contributed by atoms with Gasteiger partial charge in [0.25, 0.3) is 0 Å². The SMILES string of the molecule is CSc1nnc(-c2ccccc2)n1/N=C\c1cc2c(cc1Cl)OCO2. The number of hydrogen-bond acceptors (Lipinski definition) is 6. The highest BCUT2D eigenvalue weighted by atomic mass is 35.5. The van der Waals surface area contributed by atoms with Crippen LogP contribution < -0.4 is 9.47 Å². The Kier molecular flexibility index (Phi) is 4.33. The smallest absolute Gasteiger partial charge is 0.231 e. The van der Waals surface area contributed by atoms with Crippen LogP contribution in [0.1, 0.15) is 5.56 Å². The van der Waals surface area contributed by atoms with Crippen molar-refractivity contribution in [1.82, 2.24) is 14.9 Å². The Morgan fingerprint density at radius 3 is 2.68 bits per heavy atom. The van der Waals surface area contributed by atoms with Crippen LogP contribution in [0.2, 0.25) is 5.02 Å². The summed E-state index contributed by atoms with van der Waals surface area (Å²) < 4.78 is 12.4. The maximum Gasteiger partial charge on any atom is 0.231 e. The van der Waals surface area contributed by atoms with E-state index in [2.05, 4.69) is 15.3 Å². The number of halogens is 1. The molecule has 0 saturated heterocycles. The molecule has 0 saturated carbocycles. The van der Waals surface area contributed by atoms with Crippen LogP contribution >= 0.6 is 23.4 Å². The Morgan fingerprint density at radius 1 is 1.16 bits per heavy atom. The molecule has 126 valence electrons. The van der Waals surface area contributed by atoms with Crippen molar-refractivity contribution in [3.63, 3.8) is 0 Å². The molecule has 0 spiro atoms. The molecule has 8 heteroatoms. The van der Waals surface area contributed by atoms with Gasteiger partial charge in [0.1, 0.15) is 0 Å². The third kappa shape index (κ3) is 3.08. The molecular formula is C17H13ClN4O2S. The van der Waals surface area contributed by atoms with Crippen LogP contribution in [0.5, 0.6) is 11.5 Å². The van der Waals surface area contributed by atoms with Crippen LogP contribution in [0.25, 0.3) is 11.4 Å². The van der Waals surface area contributed by atoms with Crippen molar-refractivity contribution >= 4 is 29.6 Å². The molecule has 0 aliphatic carbocycles. The van der Waals surface area contributed by atoms with E-state index in [1.54, 1.807) is 23.0 Å². The molecule has 1 aliphatic rings. The van der Waals surface area contributed by atoms with Crippen molar-refractivity contribution in [3.05, 3.63) is 53.1 Å². The summed E-state index contributed by atoms with van der Waals surface area (Å²) in [5, 5.41) is 14.2. The van der Waals surface area contributed by atoms with Gasteiger partial charge in [0.05, 0.1) is 11.2 Å². The number of ether oxygens (including phenoxy) is 2. The van der Waals surface area contributed by atoms with E-state index in [4.69, 9.17) is 21.1 Å². The lowest BCUT2D eigenvalue weighted by atomic mass is 10.2. The molecule has 0 bridgehead atoms. The van der Waals surface area contributed by atoms with E-state index in [0.29, 0.717) is 27.5 Å². The number of benzene rings is 2. The summed E-state index contributed by atoms with van der Waals surface area (Å²) in [7, 11) is 0. The van der Waals surface area contributed by atoms with Crippen molar-refractivity contribution in [3.8, 4) is 22.9 Å². The highest BCUT2D eigenvalue weighted by Crippen LogP contribution is 2.36. The van der Waals surface area contributed by atoms with Gasteiger partial charge in [0, 0.05) is 17.2 Å². The highest BCUT2D eigenvalue weighted by Gasteiger charge is 2.16. The molecule has 0 radical (unpaired) electrons. The molecule has 0 atom stereocenters. The van der Waals surface area contributed by atoms with Crippen LogP contribution in [0.4, 0.5) is 0 Å². The van der Waals surface area contributed by atoms with Crippen molar-refractivity contribution in [2.45, 2.75) is 5.16 Å². The van der Waals surface area contributed by atoms with Gasteiger partial charge in [-0.15, -0.1) is 10.2 Å². The Bertz CT molecular complexity index is 943. The summed E-state index contributed by atoms with van der Waals surface area (Å²) in [6, 6.07) is 13.3. The topological polar surface area (TPSA) is 61.5 Å². The lowest BCUT2D eigenvalue weighted by Gasteiger charge is -2.04. The fourth-order valence-electron chi connectivity index (χ4n) is 2.42. The molecule has 3 aromatic rings. The summed E-state index contributed by atoms with van der Waals surface area (Å²) in [5.41, 5.74) is 1.66. The van der Waals surface area contributed by atoms with Crippen molar-refractivity contribution in [2.75, 3.05) is 13.0 Å². The van der Waals surface area contributed by atoms with Gasteiger partial charge in [-0.25, -0.2) is 0 Å². The van der Waals surface area contributed by atoms with Crippen molar-refractivity contribution in [1.29, 1.82) is 0 Å². The van der Waals surface area contributed by atoms with Gasteiger partial charge < -0.3 is 9.47 Å². The van der Waals surface area contributed by atoms with Crippen LogP contribution in [0, 0.1) is 0 Å². The number of fused-ring (bicyclic) bond motifs is 1. The molecule has 0 amide bonds. The van der Waals surface area contributed by atoms with Gasteiger partial charge in [-0.3, -0.25) is 0 Å². The molecule has 1 aliphatic heterocycles. The summed E-state index contributed by atoms with van der Waals surface area (Å²) in [5.74, 6) is 1.96. The largest absolute Gasteiger partial charge is 0.454 e. The maximum atomic E-state index is 6.31. The molecule has 25 heavy (non-hydrogen) atoms. The first-order valence-corrected chi connectivity index (χ1v) is 9.05. The molecule has 0 unspecified atom stereocenters. The van der Waals surface area contributed by atoms with Crippen LogP contribution in [-0.2, 0) is 0 Å². The quantitative estimate of drug-likeness (QED) is 0.513. The zero-order valence-corrected chi connectivity index (χ0v) is 14.8. The second-order valence-electron chi connectivity index (χ2n) is 5.16. The average molecular weight is 373 g/mol. The van der Waals surface area contributed by atoms with Gasteiger partial charge in [0.15, 0.2) is 17.3 Å². The number of hydrogen-bond donors (Lipinski definition) is 0. The van der Waals surface area contributed by atoms with Gasteiger partial charge in [-0.05, 0) is 12.3 Å². The first kappa shape index (κ1) is 16.0. The summed E-state index contributed by atoms with van der Waals surface area (Å²) in [6.07, 6.45) is 3.60. The zero-order chi connectivity index (χ0) is 17.2. The first-order chi connectivity index (χ1) is 12.3. The lowest BCUT2D eigenvalue weighted by molar-refractivity contribution is 0.174. The minimum Gasteiger partial charge on any atom is -0.454 e. The molecule has 0 N–H and O–H groups in total. The average Bonchev–Trinajstić information content (AvgIpc) is 3.26. The molecular weight excluding hydrogens is 360 g/mol. The van der Waals surface area contributed by atoms with Gasteiger partial charge in [0.2, 0.25) is 11.9 Å². The van der Waals surface area contributed by atoms with Crippen LogP contribution in [0.15, 0.2) is 52.7 Å². The predicted octanol–water partition coefficient (Wildman–Crippen LogP) is 3.93. The molecule has 2 heterocycles. The maximum absolute atomic E-state index is 6.31. The summed E-state index contributed by atoms with van der Waals surface area (Å²) in [4.78, 5) is 0. The third-order valence-corrected chi connectivity index (χ3v) is 4.58. The Hall–Kier alpha value is -2.51. The number of rotatable bonds is 4. The van der Waals surface area contributed by atoms with E-state index >= 15 is 0 Å². The van der Waals surface area contributed by atoms with E-state index < -0.39 is 0 Å². The Balaban J connectivity index is 1.74. The molecule has 1 aromatic heterocycles. The third-order valence-electron chi connectivity index (χ3n) is 3.63. The monoisotopic (exact) mass is 372 g/mol. The Morgan fingerprint density at radius 2 is 1.92 bits per heavy atom. The van der Waals surface area contributed by atoms with Gasteiger partial charge in [-0.1, -0.05) is 53.7 Å². The van der Waals surface area contributed by atoms with Crippen molar-refractivity contribution in [2.24, 2.45) is 5.10 Å². The van der Waals surface area contributed by atoms with Gasteiger partial charge in [-0.2, -0.15) is 9.78 Å². The molecule has 4 rings (SSSR count). The minimum absolute atomic E-state index is 0.201. The van der Waals surface area contributed by atoms with E-state index in [1.165, 1.54) is 11.8 Å². The second kappa shape index (κ2) is 6.78. The van der Waals surface area contributed by atoms with Crippen LogP contribution in [0.3, 0.4) is 0 Å². The number of aromatic nitrogens is 3. The van der Waals surface area contributed by atoms with E-state index in [0.717, 1.165) is 11.1 Å². The lowest BCUT2D eigenvalue weighted by Crippen LogP contribution is -1.97. The number of thioether (sulfide) groups is 1. The second-order valence-corrected chi connectivity index (χ2v) is 6.34. The molecule has 0 fully saturated rings. The van der Waals surface area contributed by atoms with Gasteiger partial charge >= 0.3 is 0 Å². The fraction of sp³-hybridized carbons (Fsp3) is 0.118. The normalized spacial score (nSPS) is 12.9. The first-order valence-electron chi connectivity index (χ1n) is 7.44. The van der Waals surface area contributed by atoms with Crippen molar-refractivity contribution < 1.29 is 9.47 Å².